The normalized spacial score (nSPS) is 26.1. The maximum absolute atomic E-state index is 11.9. The summed E-state index contributed by atoms with van der Waals surface area (Å²) in [4.78, 5) is 13.6. The molecular weight excluding hydrogens is 248 g/mol. The zero-order valence-electron chi connectivity index (χ0n) is 9.34. The summed E-state index contributed by atoms with van der Waals surface area (Å²) in [5, 5.41) is 0. The minimum atomic E-state index is -3.00. The highest BCUT2D eigenvalue weighted by molar-refractivity contribution is 7.91. The number of thiocarbonyl (C=S) groups is 1. The van der Waals surface area contributed by atoms with Crippen LogP contribution in [0.5, 0.6) is 0 Å². The third kappa shape index (κ3) is 2.91. The molecule has 7 heteroatoms. The van der Waals surface area contributed by atoms with Crippen molar-refractivity contribution in [2.75, 3.05) is 18.1 Å². The first-order chi connectivity index (χ1) is 7.24. The molecule has 1 aliphatic heterocycles. The quantitative estimate of drug-likeness (QED) is 0.684. The molecule has 16 heavy (non-hydrogen) atoms. The van der Waals surface area contributed by atoms with E-state index in [0.717, 1.165) is 0 Å². The van der Waals surface area contributed by atoms with Crippen LogP contribution in [0.25, 0.3) is 0 Å². The molecule has 1 heterocycles. The molecular formula is C9H16N2O3S2. The Kier molecular flexibility index (Phi) is 3.90. The summed E-state index contributed by atoms with van der Waals surface area (Å²) < 4.78 is 22.7. The Morgan fingerprint density at radius 2 is 2.12 bits per heavy atom. The van der Waals surface area contributed by atoms with Crippen LogP contribution in [-0.4, -0.2) is 48.3 Å². The molecule has 1 rings (SSSR count). The van der Waals surface area contributed by atoms with Gasteiger partial charge in [0.05, 0.1) is 22.4 Å². The molecule has 1 amide bonds. The molecule has 1 aliphatic rings. The van der Waals surface area contributed by atoms with E-state index in [1.165, 1.54) is 0 Å². The number of hydrogen-bond acceptors (Lipinski definition) is 4. The molecule has 0 bridgehead atoms. The first-order valence-corrected chi connectivity index (χ1v) is 7.28. The van der Waals surface area contributed by atoms with Crippen molar-refractivity contribution in [1.29, 1.82) is 0 Å². The van der Waals surface area contributed by atoms with Crippen molar-refractivity contribution in [2.45, 2.75) is 19.9 Å². The van der Waals surface area contributed by atoms with Gasteiger partial charge in [0, 0.05) is 12.6 Å². The van der Waals surface area contributed by atoms with Crippen LogP contribution in [0, 0.1) is 5.92 Å². The molecule has 0 aromatic rings. The first kappa shape index (κ1) is 13.4. The topological polar surface area (TPSA) is 80.5 Å². The van der Waals surface area contributed by atoms with Crippen LogP contribution < -0.4 is 5.73 Å². The molecule has 2 unspecified atom stereocenters. The first-order valence-electron chi connectivity index (χ1n) is 5.05. The minimum Gasteiger partial charge on any atom is -0.393 e. The zero-order valence-corrected chi connectivity index (χ0v) is 11.0. The van der Waals surface area contributed by atoms with Crippen molar-refractivity contribution in [1.82, 2.24) is 4.90 Å². The van der Waals surface area contributed by atoms with Crippen LogP contribution in [0.15, 0.2) is 0 Å². The second-order valence-electron chi connectivity index (χ2n) is 4.12. The van der Waals surface area contributed by atoms with Gasteiger partial charge in [0.25, 0.3) is 0 Å². The van der Waals surface area contributed by atoms with E-state index >= 15 is 0 Å². The van der Waals surface area contributed by atoms with E-state index in [2.05, 4.69) is 0 Å². The van der Waals surface area contributed by atoms with Gasteiger partial charge in [-0.05, 0) is 13.8 Å². The van der Waals surface area contributed by atoms with E-state index in [1.54, 1.807) is 18.7 Å². The van der Waals surface area contributed by atoms with E-state index < -0.39 is 15.8 Å². The fourth-order valence-electron chi connectivity index (χ4n) is 1.70. The Balaban J connectivity index is 2.77. The molecule has 0 radical (unpaired) electrons. The largest absolute Gasteiger partial charge is 0.393 e. The summed E-state index contributed by atoms with van der Waals surface area (Å²) >= 11 is 4.76. The molecule has 92 valence electrons. The van der Waals surface area contributed by atoms with Crippen molar-refractivity contribution in [3.63, 3.8) is 0 Å². The van der Waals surface area contributed by atoms with Crippen LogP contribution in [0.3, 0.4) is 0 Å². The molecule has 0 aliphatic carbocycles. The Morgan fingerprint density at radius 3 is 2.56 bits per heavy atom. The van der Waals surface area contributed by atoms with Gasteiger partial charge in [-0.15, -0.1) is 0 Å². The Bertz CT molecular complexity index is 405. The highest BCUT2D eigenvalue weighted by Gasteiger charge is 2.33. The smallest absolute Gasteiger partial charge is 0.232 e. The van der Waals surface area contributed by atoms with Crippen molar-refractivity contribution < 1.29 is 13.2 Å². The van der Waals surface area contributed by atoms with Crippen molar-refractivity contribution >= 4 is 33.0 Å². The van der Waals surface area contributed by atoms with Crippen LogP contribution in [0.2, 0.25) is 0 Å². The summed E-state index contributed by atoms with van der Waals surface area (Å²) in [6, 6.07) is -0.303. The van der Waals surface area contributed by atoms with Gasteiger partial charge < -0.3 is 10.6 Å². The standard InChI is InChI=1S/C9H16N2O3S2/c1-6-5-16(13,14)4-3-11(6)9(12)7(2)8(10)15/h6-7H,3-5H2,1-2H3,(H2,10,15). The average molecular weight is 264 g/mol. The molecule has 0 aromatic carbocycles. The summed E-state index contributed by atoms with van der Waals surface area (Å²) in [6.07, 6.45) is 0. The SMILES string of the molecule is CC(C(=O)N1CCS(=O)(=O)CC1C)C(N)=S. The lowest BCUT2D eigenvalue weighted by atomic mass is 10.1. The third-order valence-corrected chi connectivity index (χ3v) is 4.90. The number of hydrogen-bond donors (Lipinski definition) is 1. The predicted molar refractivity (Wildman–Crippen MR) is 65.8 cm³/mol. The van der Waals surface area contributed by atoms with Crippen LogP contribution in [0.4, 0.5) is 0 Å². The van der Waals surface area contributed by atoms with Gasteiger partial charge in [-0.25, -0.2) is 8.42 Å². The van der Waals surface area contributed by atoms with Gasteiger partial charge in [0.15, 0.2) is 9.84 Å². The van der Waals surface area contributed by atoms with E-state index in [-0.39, 0.29) is 35.0 Å². The molecule has 5 nitrogen and oxygen atoms in total. The summed E-state index contributed by atoms with van der Waals surface area (Å²) in [5.41, 5.74) is 5.41. The fraction of sp³-hybridized carbons (Fsp3) is 0.778. The fourth-order valence-corrected chi connectivity index (χ4v) is 3.35. The van der Waals surface area contributed by atoms with Gasteiger partial charge in [0.2, 0.25) is 5.91 Å². The van der Waals surface area contributed by atoms with Gasteiger partial charge in [0.1, 0.15) is 0 Å². The lowest BCUT2D eigenvalue weighted by molar-refractivity contribution is -0.134. The second-order valence-corrected chi connectivity index (χ2v) is 6.82. The molecule has 2 N–H and O–H groups in total. The highest BCUT2D eigenvalue weighted by atomic mass is 32.2. The minimum absolute atomic E-state index is 0.0167. The maximum atomic E-state index is 11.9. The maximum Gasteiger partial charge on any atom is 0.232 e. The van der Waals surface area contributed by atoms with Crippen LogP contribution in [-0.2, 0) is 14.6 Å². The monoisotopic (exact) mass is 264 g/mol. The van der Waals surface area contributed by atoms with E-state index in [0.29, 0.717) is 0 Å². The molecule has 0 saturated carbocycles. The number of nitrogens with zero attached hydrogens (tertiary/aromatic N) is 1. The van der Waals surface area contributed by atoms with Crippen LogP contribution in [0.1, 0.15) is 13.8 Å². The number of amides is 1. The summed E-state index contributed by atoms with van der Waals surface area (Å²) in [6.45, 7) is 3.59. The summed E-state index contributed by atoms with van der Waals surface area (Å²) in [5.74, 6) is -0.677. The number of sulfone groups is 1. The average Bonchev–Trinajstić information content (AvgIpc) is 2.14. The van der Waals surface area contributed by atoms with Crippen molar-refractivity contribution in [3.8, 4) is 0 Å². The van der Waals surface area contributed by atoms with Gasteiger partial charge in [-0.1, -0.05) is 12.2 Å². The number of carbonyl (C=O) groups excluding carboxylic acids is 1. The number of rotatable bonds is 2. The van der Waals surface area contributed by atoms with Crippen molar-refractivity contribution in [3.05, 3.63) is 0 Å². The molecule has 2 atom stereocenters. The van der Waals surface area contributed by atoms with Gasteiger partial charge in [-0.2, -0.15) is 0 Å². The number of carbonyl (C=O) groups is 1. The lowest BCUT2D eigenvalue weighted by Crippen LogP contribution is -2.52. The van der Waals surface area contributed by atoms with E-state index in [4.69, 9.17) is 18.0 Å². The van der Waals surface area contributed by atoms with E-state index in [9.17, 15) is 13.2 Å². The zero-order chi connectivity index (χ0) is 12.5. The van der Waals surface area contributed by atoms with Crippen molar-refractivity contribution in [2.24, 2.45) is 11.7 Å². The number of nitrogens with two attached hydrogens (primary N) is 1. The Morgan fingerprint density at radius 1 is 1.56 bits per heavy atom. The van der Waals surface area contributed by atoms with Crippen LogP contribution >= 0.6 is 12.2 Å². The molecule has 1 saturated heterocycles. The van der Waals surface area contributed by atoms with Gasteiger partial charge >= 0.3 is 0 Å². The lowest BCUT2D eigenvalue weighted by Gasteiger charge is -2.34. The molecule has 1 fully saturated rings. The molecule has 0 aromatic heterocycles. The van der Waals surface area contributed by atoms with Gasteiger partial charge in [-0.3, -0.25) is 4.79 Å². The van der Waals surface area contributed by atoms with E-state index in [1.807, 2.05) is 0 Å². The predicted octanol–water partition coefficient (Wildman–Crippen LogP) is -0.446. The Hall–Kier alpha value is -0.690. The Labute approximate surface area is 101 Å². The second kappa shape index (κ2) is 4.67. The highest BCUT2D eigenvalue weighted by Crippen LogP contribution is 2.14. The summed E-state index contributed by atoms with van der Waals surface area (Å²) in [7, 11) is -3.00. The third-order valence-electron chi connectivity index (χ3n) is 2.75. The molecule has 0 spiro atoms.